The number of ether oxygens (including phenoxy) is 1. The van der Waals surface area contributed by atoms with Gasteiger partial charge < -0.3 is 15.8 Å². The average Bonchev–Trinajstić information content (AvgIpc) is 3.57. The molecule has 2 aliphatic rings. The van der Waals surface area contributed by atoms with Gasteiger partial charge in [-0.05, 0) is 64.0 Å². The Hall–Kier alpha value is -3.55. The van der Waals surface area contributed by atoms with E-state index in [0.717, 1.165) is 36.1 Å². The molecule has 3 heterocycles. The fourth-order valence-electron chi connectivity index (χ4n) is 5.10. The first-order valence-corrected chi connectivity index (χ1v) is 14.0. The summed E-state index contributed by atoms with van der Waals surface area (Å²) in [6.45, 7) is 6.59. The third kappa shape index (κ3) is 5.21. The molecule has 1 fully saturated rings. The van der Waals surface area contributed by atoms with Crippen molar-refractivity contribution in [1.82, 2.24) is 19.4 Å². The molecule has 0 aliphatic carbocycles. The summed E-state index contributed by atoms with van der Waals surface area (Å²) in [5, 5.41) is 9.68. The zero-order valence-electron chi connectivity index (χ0n) is 21.6. The van der Waals surface area contributed by atoms with Crippen LogP contribution >= 0.6 is 0 Å². The van der Waals surface area contributed by atoms with Crippen LogP contribution in [0.1, 0.15) is 48.3 Å². The van der Waals surface area contributed by atoms with Crippen LogP contribution in [0.5, 0.6) is 5.75 Å². The van der Waals surface area contributed by atoms with Gasteiger partial charge in [0.2, 0.25) is 10.0 Å². The molecule has 2 aliphatic heterocycles. The van der Waals surface area contributed by atoms with Gasteiger partial charge in [0.25, 0.3) is 5.91 Å². The number of aromatic amines is 1. The number of aromatic nitrogens is 2. The number of fused-ring (bicyclic) bond motifs is 1. The van der Waals surface area contributed by atoms with Crippen molar-refractivity contribution in [3.63, 3.8) is 0 Å². The van der Waals surface area contributed by atoms with Gasteiger partial charge in [0, 0.05) is 36.5 Å². The number of halogens is 2. The molecule has 39 heavy (non-hydrogen) atoms. The van der Waals surface area contributed by atoms with E-state index in [4.69, 9.17) is 10.5 Å². The first-order valence-electron chi connectivity index (χ1n) is 12.6. The Morgan fingerprint density at radius 3 is 2.51 bits per heavy atom. The maximum absolute atomic E-state index is 13.8. The number of anilines is 2. The molecular weight excluding hydrogens is 530 g/mol. The molecule has 0 radical (unpaired) electrons. The normalized spacial score (nSPS) is 17.3. The van der Waals surface area contributed by atoms with Crippen molar-refractivity contribution in [2.45, 2.75) is 43.7 Å². The van der Waals surface area contributed by atoms with Gasteiger partial charge in [0.1, 0.15) is 24.0 Å². The molecule has 3 aromatic rings. The lowest BCUT2D eigenvalue weighted by atomic mass is 10.0. The molecule has 0 saturated carbocycles. The molecule has 0 spiro atoms. The average molecular weight is 561 g/mol. The molecular formula is C26H30F2N6O4S. The van der Waals surface area contributed by atoms with Crippen LogP contribution in [0, 0.1) is 11.6 Å². The molecule has 0 atom stereocenters. The summed E-state index contributed by atoms with van der Waals surface area (Å²) in [5.41, 5.74) is 6.32. The Balaban J connectivity index is 1.30. The van der Waals surface area contributed by atoms with E-state index in [9.17, 15) is 22.0 Å². The van der Waals surface area contributed by atoms with Crippen LogP contribution in [0.3, 0.4) is 0 Å². The second kappa shape index (κ2) is 10.2. The van der Waals surface area contributed by atoms with Crippen molar-refractivity contribution in [3.05, 3.63) is 64.9 Å². The van der Waals surface area contributed by atoms with Gasteiger partial charge in [-0.3, -0.25) is 14.8 Å². The molecule has 10 nitrogen and oxygen atoms in total. The zero-order valence-corrected chi connectivity index (χ0v) is 22.4. The number of H-pyrrole nitrogens is 1. The number of hydrogen-bond donors (Lipinski definition) is 3. The van der Waals surface area contributed by atoms with Gasteiger partial charge in [0.15, 0.2) is 5.82 Å². The number of benzene rings is 2. The van der Waals surface area contributed by atoms with Crippen LogP contribution in [-0.4, -0.2) is 60.0 Å². The number of sulfonamides is 1. The fourth-order valence-corrected chi connectivity index (χ4v) is 6.86. The van der Waals surface area contributed by atoms with Crippen LogP contribution < -0.4 is 15.8 Å². The summed E-state index contributed by atoms with van der Waals surface area (Å²) in [6, 6.07) is 6.95. The van der Waals surface area contributed by atoms with Gasteiger partial charge in [-0.15, -0.1) is 0 Å². The molecule has 0 bridgehead atoms. The molecule has 208 valence electrons. The molecule has 4 N–H and O–H groups in total. The number of likely N-dealkylation sites (tertiary alicyclic amines) is 1. The number of nitrogens with one attached hydrogen (secondary N) is 2. The van der Waals surface area contributed by atoms with Crippen LogP contribution in [0.4, 0.5) is 20.3 Å². The minimum atomic E-state index is -4.30. The van der Waals surface area contributed by atoms with Crippen molar-refractivity contribution >= 4 is 27.4 Å². The molecule has 0 unspecified atom stereocenters. The minimum Gasteiger partial charge on any atom is -0.492 e. The van der Waals surface area contributed by atoms with Crippen molar-refractivity contribution in [2.24, 2.45) is 0 Å². The number of carbonyl (C=O) groups excluding carboxylic acids is 1. The smallest absolute Gasteiger partial charge is 0.258 e. The van der Waals surface area contributed by atoms with E-state index >= 15 is 0 Å². The number of hydrogen-bond acceptors (Lipinski definition) is 7. The fraction of sp³-hybridized carbons (Fsp3) is 0.385. The Morgan fingerprint density at radius 2 is 1.85 bits per heavy atom. The monoisotopic (exact) mass is 560 g/mol. The SMILES string of the molecule is CC1(C)c2[nH]nc(NC(=O)c3ccc(OCCN4CCCC4)cc3N)c2CN1S(=O)(=O)c1cc(F)cc(F)c1. The summed E-state index contributed by atoms with van der Waals surface area (Å²) >= 11 is 0. The van der Waals surface area contributed by atoms with Gasteiger partial charge in [-0.25, -0.2) is 17.2 Å². The van der Waals surface area contributed by atoms with Crippen molar-refractivity contribution in [2.75, 3.05) is 37.3 Å². The lowest BCUT2D eigenvalue weighted by Crippen LogP contribution is -2.40. The lowest BCUT2D eigenvalue weighted by Gasteiger charge is -2.30. The second-order valence-electron chi connectivity index (χ2n) is 10.2. The molecule has 1 saturated heterocycles. The highest BCUT2D eigenvalue weighted by atomic mass is 32.2. The maximum atomic E-state index is 13.8. The van der Waals surface area contributed by atoms with E-state index in [-0.39, 0.29) is 23.6 Å². The summed E-state index contributed by atoms with van der Waals surface area (Å²) in [4.78, 5) is 14.9. The Bertz CT molecular complexity index is 1500. The highest BCUT2D eigenvalue weighted by molar-refractivity contribution is 7.89. The number of amides is 1. The highest BCUT2D eigenvalue weighted by Gasteiger charge is 2.48. The van der Waals surface area contributed by atoms with E-state index in [1.54, 1.807) is 32.0 Å². The second-order valence-corrected chi connectivity index (χ2v) is 12.1. The van der Waals surface area contributed by atoms with Crippen molar-refractivity contribution < 1.29 is 26.7 Å². The number of nitrogens with zero attached hydrogens (tertiary/aromatic N) is 3. The topological polar surface area (TPSA) is 134 Å². The highest BCUT2D eigenvalue weighted by Crippen LogP contribution is 2.44. The number of nitrogen functional groups attached to an aromatic ring is 1. The molecule has 1 aromatic heterocycles. The summed E-state index contributed by atoms with van der Waals surface area (Å²) in [5.74, 6) is -1.84. The minimum absolute atomic E-state index is 0.136. The lowest BCUT2D eigenvalue weighted by molar-refractivity contribution is 0.102. The molecule has 5 rings (SSSR count). The Morgan fingerprint density at radius 1 is 1.15 bits per heavy atom. The van der Waals surface area contributed by atoms with Crippen LogP contribution in [-0.2, 0) is 22.1 Å². The Labute approximate surface area is 225 Å². The number of carbonyl (C=O) groups is 1. The quantitative estimate of drug-likeness (QED) is 0.360. The van der Waals surface area contributed by atoms with Gasteiger partial charge in [-0.2, -0.15) is 9.40 Å². The van der Waals surface area contributed by atoms with E-state index in [0.29, 0.717) is 29.7 Å². The summed E-state index contributed by atoms with van der Waals surface area (Å²) in [7, 11) is -4.30. The van der Waals surface area contributed by atoms with Gasteiger partial charge in [-0.1, -0.05) is 0 Å². The summed E-state index contributed by atoms with van der Waals surface area (Å²) < 4.78 is 61.1. The largest absolute Gasteiger partial charge is 0.492 e. The Kier molecular flexibility index (Phi) is 7.08. The van der Waals surface area contributed by atoms with Crippen LogP contribution in [0.25, 0.3) is 0 Å². The van der Waals surface area contributed by atoms with Crippen molar-refractivity contribution in [3.8, 4) is 5.75 Å². The van der Waals surface area contributed by atoms with Crippen molar-refractivity contribution in [1.29, 1.82) is 0 Å². The third-order valence-corrected chi connectivity index (χ3v) is 9.20. The van der Waals surface area contributed by atoms with E-state index < -0.39 is 38.0 Å². The summed E-state index contributed by atoms with van der Waals surface area (Å²) in [6.07, 6.45) is 2.41. The number of nitrogens with two attached hydrogens (primary N) is 1. The third-order valence-electron chi connectivity index (χ3n) is 7.20. The van der Waals surface area contributed by atoms with Crippen LogP contribution in [0.15, 0.2) is 41.3 Å². The van der Waals surface area contributed by atoms with Gasteiger partial charge >= 0.3 is 0 Å². The molecule has 13 heteroatoms. The standard InChI is InChI=1S/C26H30F2N6O4S/c1-26(2)23-21(15-34(26)39(36,37)19-12-16(27)11-17(28)13-19)24(32-31-23)30-25(35)20-6-5-18(14-22(20)29)38-10-9-33-7-3-4-8-33/h5-6,11-14H,3-4,7-10,15,29H2,1-2H3,(H2,30,31,32,35). The predicted molar refractivity (Wildman–Crippen MR) is 141 cm³/mol. The van der Waals surface area contributed by atoms with E-state index in [2.05, 4.69) is 20.4 Å². The van der Waals surface area contributed by atoms with Gasteiger partial charge in [0.05, 0.1) is 21.7 Å². The number of rotatable bonds is 8. The predicted octanol–water partition coefficient (Wildman–Crippen LogP) is 3.44. The van der Waals surface area contributed by atoms with E-state index in [1.165, 1.54) is 12.8 Å². The first kappa shape index (κ1) is 27.0. The molecule has 2 aromatic carbocycles. The maximum Gasteiger partial charge on any atom is 0.258 e. The molecule has 1 amide bonds. The van der Waals surface area contributed by atoms with E-state index in [1.807, 2.05) is 0 Å². The van der Waals surface area contributed by atoms with Crippen LogP contribution in [0.2, 0.25) is 0 Å². The first-order chi connectivity index (χ1) is 18.5. The zero-order chi connectivity index (χ0) is 27.9.